The Kier molecular flexibility index (Phi) is 5.46. The number of aromatic nitrogens is 3. The van der Waals surface area contributed by atoms with E-state index in [-0.39, 0.29) is 0 Å². The number of pyridine rings is 1. The number of benzene rings is 1. The minimum absolute atomic E-state index is 0.445. The van der Waals surface area contributed by atoms with Crippen molar-refractivity contribution in [3.8, 4) is 11.5 Å². The molecule has 0 atom stereocenters. The molecule has 168 valence electrons. The van der Waals surface area contributed by atoms with Crippen LogP contribution in [-0.4, -0.2) is 33.9 Å². The number of rotatable bonds is 5. The zero-order chi connectivity index (χ0) is 22.9. The Balaban J connectivity index is 1.66. The van der Waals surface area contributed by atoms with Crippen LogP contribution >= 0.6 is 0 Å². The first-order chi connectivity index (χ1) is 16.0. The lowest BCUT2D eigenvalue weighted by Crippen LogP contribution is -2.21. The molecular weight excluding hydrogens is 412 g/mol. The number of fused-ring (bicyclic) bond motifs is 2. The lowest BCUT2D eigenvalue weighted by atomic mass is 10.1. The van der Waals surface area contributed by atoms with Gasteiger partial charge in [-0.1, -0.05) is 30.3 Å². The summed E-state index contributed by atoms with van der Waals surface area (Å²) in [5.74, 6) is 1.04. The number of amides is 1. The highest BCUT2D eigenvalue weighted by Crippen LogP contribution is 2.35. The fourth-order valence-electron chi connectivity index (χ4n) is 4.66. The third-order valence-electron chi connectivity index (χ3n) is 6.28. The summed E-state index contributed by atoms with van der Waals surface area (Å²) in [6.45, 7) is 3.67. The Hall–Kier alpha value is -3.87. The highest BCUT2D eigenvalue weighted by Gasteiger charge is 2.23. The summed E-state index contributed by atoms with van der Waals surface area (Å²) in [5, 5.41) is 3.57. The Labute approximate surface area is 193 Å². The minimum Gasteiger partial charge on any atom is -0.370 e. The molecule has 0 fully saturated rings. The SMILES string of the molecule is Cc1cc2c(C(N)=O)cccn2c1-c1nc2c(c(NCc3ccccc3)n1)N(C)CCCC2. The van der Waals surface area contributed by atoms with Crippen LogP contribution in [0.1, 0.15) is 40.0 Å². The van der Waals surface area contributed by atoms with Crippen molar-refractivity contribution in [1.82, 2.24) is 14.4 Å². The quantitative estimate of drug-likeness (QED) is 0.486. The van der Waals surface area contributed by atoms with E-state index in [4.69, 9.17) is 15.7 Å². The largest absolute Gasteiger partial charge is 0.370 e. The molecule has 5 rings (SSSR count). The Bertz CT molecular complexity index is 1330. The number of anilines is 2. The van der Waals surface area contributed by atoms with Crippen LogP contribution in [0.25, 0.3) is 17.0 Å². The molecule has 0 saturated carbocycles. The van der Waals surface area contributed by atoms with Gasteiger partial charge < -0.3 is 20.4 Å². The van der Waals surface area contributed by atoms with E-state index >= 15 is 0 Å². The van der Waals surface area contributed by atoms with Crippen LogP contribution in [0, 0.1) is 6.92 Å². The van der Waals surface area contributed by atoms with Crippen LogP contribution in [0.5, 0.6) is 0 Å². The first-order valence-electron chi connectivity index (χ1n) is 11.3. The van der Waals surface area contributed by atoms with Crippen molar-refractivity contribution in [2.45, 2.75) is 32.7 Å². The topological polar surface area (TPSA) is 88.5 Å². The maximum Gasteiger partial charge on any atom is 0.250 e. The summed E-state index contributed by atoms with van der Waals surface area (Å²) >= 11 is 0. The van der Waals surface area contributed by atoms with Gasteiger partial charge in [-0.15, -0.1) is 0 Å². The Morgan fingerprint density at radius 1 is 1.12 bits per heavy atom. The second-order valence-electron chi connectivity index (χ2n) is 8.63. The molecule has 1 aromatic carbocycles. The van der Waals surface area contributed by atoms with Crippen LogP contribution in [0.4, 0.5) is 11.5 Å². The van der Waals surface area contributed by atoms with Crippen molar-refractivity contribution < 1.29 is 4.79 Å². The molecule has 4 aromatic rings. The highest BCUT2D eigenvalue weighted by molar-refractivity contribution is 6.00. The van der Waals surface area contributed by atoms with Crippen molar-refractivity contribution in [3.05, 3.63) is 77.1 Å². The molecule has 7 nitrogen and oxygen atoms in total. The van der Waals surface area contributed by atoms with Gasteiger partial charge in [-0.05, 0) is 55.5 Å². The molecule has 1 aliphatic heterocycles. The normalized spacial score (nSPS) is 13.6. The molecule has 3 N–H and O–H groups in total. The van der Waals surface area contributed by atoms with Gasteiger partial charge in [-0.25, -0.2) is 9.97 Å². The maximum atomic E-state index is 12.0. The fraction of sp³-hybridized carbons (Fsp3) is 0.269. The van der Waals surface area contributed by atoms with Gasteiger partial charge in [0.2, 0.25) is 0 Å². The Morgan fingerprint density at radius 2 is 1.94 bits per heavy atom. The molecule has 0 radical (unpaired) electrons. The van der Waals surface area contributed by atoms with Gasteiger partial charge in [0.25, 0.3) is 5.91 Å². The summed E-state index contributed by atoms with van der Waals surface area (Å²) in [7, 11) is 2.11. The fourth-order valence-corrected chi connectivity index (χ4v) is 4.66. The van der Waals surface area contributed by atoms with Crippen molar-refractivity contribution in [2.24, 2.45) is 5.73 Å². The number of nitrogens with one attached hydrogen (secondary N) is 1. The number of hydrogen-bond acceptors (Lipinski definition) is 5. The highest BCUT2D eigenvalue weighted by atomic mass is 16.1. The van der Waals surface area contributed by atoms with Gasteiger partial charge in [0.05, 0.1) is 22.5 Å². The standard InChI is InChI=1S/C26H28N6O/c1-17-15-21-19(24(27)33)11-8-14-32(21)22(17)26-29-20-12-6-7-13-31(2)23(20)25(30-26)28-16-18-9-4-3-5-10-18/h3-5,8-11,14-15H,6-7,12-13,16H2,1-2H3,(H2,27,33)(H,28,29,30). The van der Waals surface area contributed by atoms with Crippen LogP contribution in [0.3, 0.4) is 0 Å². The average Bonchev–Trinajstić information content (AvgIpc) is 3.04. The van der Waals surface area contributed by atoms with Crippen LogP contribution < -0.4 is 16.0 Å². The van der Waals surface area contributed by atoms with E-state index in [1.54, 1.807) is 6.07 Å². The summed E-state index contributed by atoms with van der Waals surface area (Å²) in [4.78, 5) is 24.3. The summed E-state index contributed by atoms with van der Waals surface area (Å²) < 4.78 is 1.97. The van der Waals surface area contributed by atoms with E-state index in [0.29, 0.717) is 17.9 Å². The predicted octanol–water partition coefficient (Wildman–Crippen LogP) is 4.19. The molecule has 4 heterocycles. The van der Waals surface area contributed by atoms with Gasteiger partial charge in [-0.3, -0.25) is 4.79 Å². The molecule has 33 heavy (non-hydrogen) atoms. The lowest BCUT2D eigenvalue weighted by molar-refractivity contribution is 0.100. The monoisotopic (exact) mass is 440 g/mol. The minimum atomic E-state index is -0.445. The molecule has 3 aromatic heterocycles. The van der Waals surface area contributed by atoms with Gasteiger partial charge in [0.1, 0.15) is 5.69 Å². The maximum absolute atomic E-state index is 12.0. The average molecular weight is 441 g/mol. The zero-order valence-corrected chi connectivity index (χ0v) is 19.0. The summed E-state index contributed by atoms with van der Waals surface area (Å²) in [6, 6.07) is 15.9. The number of carbonyl (C=O) groups excluding carboxylic acids is 1. The molecule has 0 spiro atoms. The predicted molar refractivity (Wildman–Crippen MR) is 132 cm³/mol. The van der Waals surface area contributed by atoms with E-state index in [1.807, 2.05) is 47.9 Å². The number of nitrogens with two attached hydrogens (primary N) is 1. The van der Waals surface area contributed by atoms with E-state index in [9.17, 15) is 4.79 Å². The molecule has 0 saturated heterocycles. The molecular formula is C26H28N6O. The van der Waals surface area contributed by atoms with E-state index < -0.39 is 5.91 Å². The molecule has 0 bridgehead atoms. The van der Waals surface area contributed by atoms with Crippen LogP contribution in [0.15, 0.2) is 54.7 Å². The first-order valence-corrected chi connectivity index (χ1v) is 11.3. The van der Waals surface area contributed by atoms with Crippen molar-refractivity contribution in [3.63, 3.8) is 0 Å². The number of hydrogen-bond donors (Lipinski definition) is 2. The van der Waals surface area contributed by atoms with Crippen LogP contribution in [0.2, 0.25) is 0 Å². The zero-order valence-electron chi connectivity index (χ0n) is 19.0. The van der Waals surface area contributed by atoms with Crippen LogP contribution in [-0.2, 0) is 13.0 Å². The number of carbonyl (C=O) groups is 1. The van der Waals surface area contributed by atoms with E-state index in [1.165, 1.54) is 5.56 Å². The van der Waals surface area contributed by atoms with Gasteiger partial charge >= 0.3 is 0 Å². The molecule has 0 aliphatic carbocycles. The van der Waals surface area contributed by atoms with E-state index in [0.717, 1.165) is 59.8 Å². The lowest BCUT2D eigenvalue weighted by Gasteiger charge is -2.23. The number of primary amides is 1. The van der Waals surface area contributed by atoms with Crippen molar-refractivity contribution in [2.75, 3.05) is 23.8 Å². The molecule has 1 aliphatic rings. The first kappa shape index (κ1) is 21.0. The molecule has 1 amide bonds. The summed E-state index contributed by atoms with van der Waals surface area (Å²) in [5.41, 5.74) is 12.1. The number of aryl methyl sites for hydroxylation is 2. The van der Waals surface area contributed by atoms with Gasteiger partial charge in [-0.2, -0.15) is 0 Å². The second kappa shape index (κ2) is 8.58. The van der Waals surface area contributed by atoms with Crippen molar-refractivity contribution in [1.29, 1.82) is 0 Å². The van der Waals surface area contributed by atoms with E-state index in [2.05, 4.69) is 29.4 Å². The third kappa shape index (κ3) is 3.91. The van der Waals surface area contributed by atoms with Gasteiger partial charge in [0, 0.05) is 26.3 Å². The molecule has 0 unspecified atom stereocenters. The second-order valence-corrected chi connectivity index (χ2v) is 8.63. The third-order valence-corrected chi connectivity index (χ3v) is 6.28. The van der Waals surface area contributed by atoms with Gasteiger partial charge in [0.15, 0.2) is 11.6 Å². The molecule has 7 heteroatoms. The number of nitrogens with zero attached hydrogens (tertiary/aromatic N) is 4. The smallest absolute Gasteiger partial charge is 0.250 e. The Morgan fingerprint density at radius 3 is 2.73 bits per heavy atom. The summed E-state index contributed by atoms with van der Waals surface area (Å²) in [6.07, 6.45) is 5.05. The van der Waals surface area contributed by atoms with Crippen molar-refractivity contribution >= 4 is 22.9 Å².